The first-order chi connectivity index (χ1) is 13.2. The van der Waals surface area contributed by atoms with E-state index in [9.17, 15) is 17.6 Å². The van der Waals surface area contributed by atoms with Crippen LogP contribution in [-0.2, 0) is 14.8 Å². The van der Waals surface area contributed by atoms with Gasteiger partial charge in [0, 0.05) is 13.0 Å². The molecule has 152 valence electrons. The second-order valence-corrected chi connectivity index (χ2v) is 8.38. The zero-order chi connectivity index (χ0) is 20.7. The molecule has 1 N–H and O–H groups in total. The number of halogens is 1. The molecule has 0 saturated carbocycles. The van der Waals surface area contributed by atoms with Crippen molar-refractivity contribution in [1.82, 2.24) is 5.32 Å². The second kappa shape index (κ2) is 9.54. The van der Waals surface area contributed by atoms with Crippen molar-refractivity contribution in [3.63, 3.8) is 0 Å². The fourth-order valence-electron chi connectivity index (χ4n) is 2.77. The van der Waals surface area contributed by atoms with Gasteiger partial charge in [0.25, 0.3) is 0 Å². The molecular weight excluding hydrogens is 383 g/mol. The van der Waals surface area contributed by atoms with Crippen molar-refractivity contribution in [3.05, 3.63) is 59.9 Å². The number of ether oxygens (including phenoxy) is 1. The third-order valence-corrected chi connectivity index (χ3v) is 5.47. The van der Waals surface area contributed by atoms with Crippen LogP contribution in [0.3, 0.4) is 0 Å². The van der Waals surface area contributed by atoms with Crippen LogP contribution >= 0.6 is 0 Å². The summed E-state index contributed by atoms with van der Waals surface area (Å²) in [7, 11) is -1.94. The van der Waals surface area contributed by atoms with Crippen LogP contribution in [0, 0.1) is 5.82 Å². The zero-order valence-electron chi connectivity index (χ0n) is 16.2. The zero-order valence-corrected chi connectivity index (χ0v) is 17.0. The Kier molecular flexibility index (Phi) is 7.39. The van der Waals surface area contributed by atoms with E-state index < -0.39 is 15.8 Å². The minimum atomic E-state index is -3.53. The first kappa shape index (κ1) is 21.7. The second-order valence-electron chi connectivity index (χ2n) is 6.48. The highest BCUT2D eigenvalue weighted by molar-refractivity contribution is 7.92. The summed E-state index contributed by atoms with van der Waals surface area (Å²) in [6, 6.07) is 12.4. The molecule has 0 aliphatic carbocycles. The Morgan fingerprint density at radius 2 is 1.75 bits per heavy atom. The molecule has 2 rings (SSSR count). The van der Waals surface area contributed by atoms with Crippen LogP contribution < -0.4 is 14.4 Å². The van der Waals surface area contributed by atoms with Gasteiger partial charge < -0.3 is 10.1 Å². The number of hydrogen-bond donors (Lipinski definition) is 1. The summed E-state index contributed by atoms with van der Waals surface area (Å²) in [5, 5.41) is 2.90. The van der Waals surface area contributed by atoms with E-state index in [-0.39, 0.29) is 24.9 Å². The number of carbonyl (C=O) groups is 1. The maximum atomic E-state index is 13.1. The summed E-state index contributed by atoms with van der Waals surface area (Å²) in [5.41, 5.74) is 1.31. The monoisotopic (exact) mass is 408 g/mol. The molecule has 2 aromatic rings. The Bertz CT molecular complexity index is 883. The van der Waals surface area contributed by atoms with Crippen molar-refractivity contribution in [2.24, 2.45) is 0 Å². The standard InChI is InChI=1S/C20H25FN2O4S/c1-15(16-6-12-19(27-2)13-7-16)22-20(24)5-4-14-23(28(3,25)26)18-10-8-17(21)9-11-18/h6-13,15H,4-5,14H2,1-3H3,(H,22,24)/t15-/m0/s1. The largest absolute Gasteiger partial charge is 0.497 e. The van der Waals surface area contributed by atoms with Crippen LogP contribution in [0.25, 0.3) is 0 Å². The van der Waals surface area contributed by atoms with E-state index in [1.54, 1.807) is 7.11 Å². The van der Waals surface area contributed by atoms with E-state index in [0.717, 1.165) is 17.6 Å². The molecule has 0 bridgehead atoms. The summed E-state index contributed by atoms with van der Waals surface area (Å²) >= 11 is 0. The van der Waals surface area contributed by atoms with Crippen LogP contribution in [0.2, 0.25) is 0 Å². The Balaban J connectivity index is 1.90. The number of sulfonamides is 1. The first-order valence-corrected chi connectivity index (χ1v) is 10.7. The predicted octanol–water partition coefficient (Wildman–Crippen LogP) is 3.26. The molecule has 8 heteroatoms. The smallest absolute Gasteiger partial charge is 0.232 e. The molecule has 0 unspecified atom stereocenters. The average Bonchev–Trinajstić information content (AvgIpc) is 2.65. The van der Waals surface area contributed by atoms with E-state index in [2.05, 4.69) is 5.32 Å². The average molecular weight is 408 g/mol. The van der Waals surface area contributed by atoms with E-state index in [4.69, 9.17) is 4.74 Å². The van der Waals surface area contributed by atoms with Gasteiger partial charge in [-0.2, -0.15) is 0 Å². The molecular formula is C20H25FN2O4S. The lowest BCUT2D eigenvalue weighted by molar-refractivity contribution is -0.121. The van der Waals surface area contributed by atoms with Gasteiger partial charge in [0.2, 0.25) is 15.9 Å². The minimum absolute atomic E-state index is 0.134. The number of anilines is 1. The van der Waals surface area contributed by atoms with Gasteiger partial charge in [0.1, 0.15) is 11.6 Å². The van der Waals surface area contributed by atoms with Crippen molar-refractivity contribution in [2.45, 2.75) is 25.8 Å². The molecule has 0 radical (unpaired) electrons. The normalized spacial score (nSPS) is 12.3. The van der Waals surface area contributed by atoms with Crippen LogP contribution in [0.15, 0.2) is 48.5 Å². The van der Waals surface area contributed by atoms with Gasteiger partial charge in [0.15, 0.2) is 0 Å². The maximum absolute atomic E-state index is 13.1. The minimum Gasteiger partial charge on any atom is -0.497 e. The molecule has 0 fully saturated rings. The molecule has 0 heterocycles. The van der Waals surface area contributed by atoms with Crippen molar-refractivity contribution in [3.8, 4) is 5.75 Å². The number of nitrogens with one attached hydrogen (secondary N) is 1. The van der Waals surface area contributed by atoms with E-state index in [0.29, 0.717) is 12.1 Å². The number of benzene rings is 2. The van der Waals surface area contributed by atoms with Crippen LogP contribution in [0.5, 0.6) is 5.75 Å². The first-order valence-electron chi connectivity index (χ1n) is 8.87. The Labute approximate surface area is 165 Å². The maximum Gasteiger partial charge on any atom is 0.232 e. The lowest BCUT2D eigenvalue weighted by atomic mass is 10.1. The number of methoxy groups -OCH3 is 1. The van der Waals surface area contributed by atoms with E-state index in [1.165, 1.54) is 28.6 Å². The lowest BCUT2D eigenvalue weighted by Crippen LogP contribution is -2.32. The van der Waals surface area contributed by atoms with Gasteiger partial charge in [-0.05, 0) is 55.3 Å². The van der Waals surface area contributed by atoms with Gasteiger partial charge >= 0.3 is 0 Å². The van der Waals surface area contributed by atoms with Crippen molar-refractivity contribution in [1.29, 1.82) is 0 Å². The molecule has 28 heavy (non-hydrogen) atoms. The fraction of sp³-hybridized carbons (Fsp3) is 0.350. The van der Waals surface area contributed by atoms with Gasteiger partial charge in [-0.1, -0.05) is 12.1 Å². The fourth-order valence-corrected chi connectivity index (χ4v) is 3.73. The topological polar surface area (TPSA) is 75.7 Å². The summed E-state index contributed by atoms with van der Waals surface area (Å²) in [5.74, 6) is 0.129. The summed E-state index contributed by atoms with van der Waals surface area (Å²) in [6.45, 7) is 2.01. The molecule has 6 nitrogen and oxygen atoms in total. The predicted molar refractivity (Wildman–Crippen MR) is 107 cm³/mol. The molecule has 1 amide bonds. The number of nitrogens with zero attached hydrogens (tertiary/aromatic N) is 1. The third kappa shape index (κ3) is 6.23. The summed E-state index contributed by atoms with van der Waals surface area (Å²) < 4.78 is 43.4. The number of amides is 1. The lowest BCUT2D eigenvalue weighted by Gasteiger charge is -2.22. The molecule has 0 aliphatic heterocycles. The van der Waals surface area contributed by atoms with Gasteiger partial charge in [-0.25, -0.2) is 12.8 Å². The van der Waals surface area contributed by atoms with Crippen LogP contribution in [0.1, 0.15) is 31.4 Å². The van der Waals surface area contributed by atoms with Crippen molar-refractivity contribution in [2.75, 3.05) is 24.2 Å². The highest BCUT2D eigenvalue weighted by Crippen LogP contribution is 2.20. The van der Waals surface area contributed by atoms with Gasteiger partial charge in [-0.3, -0.25) is 9.10 Å². The highest BCUT2D eigenvalue weighted by Gasteiger charge is 2.18. The van der Waals surface area contributed by atoms with E-state index in [1.807, 2.05) is 31.2 Å². The Morgan fingerprint density at radius 1 is 1.14 bits per heavy atom. The number of carbonyl (C=O) groups excluding carboxylic acids is 1. The van der Waals surface area contributed by atoms with Crippen LogP contribution in [0.4, 0.5) is 10.1 Å². The summed E-state index contributed by atoms with van der Waals surface area (Å²) in [6.07, 6.45) is 1.60. The van der Waals surface area contributed by atoms with Gasteiger partial charge in [0.05, 0.1) is 25.1 Å². The van der Waals surface area contributed by atoms with Crippen molar-refractivity contribution >= 4 is 21.6 Å². The quantitative estimate of drug-likeness (QED) is 0.691. The van der Waals surface area contributed by atoms with E-state index >= 15 is 0 Å². The Morgan fingerprint density at radius 3 is 2.29 bits per heavy atom. The van der Waals surface area contributed by atoms with Crippen molar-refractivity contribution < 1.29 is 22.3 Å². The van der Waals surface area contributed by atoms with Crippen LogP contribution in [-0.4, -0.2) is 34.2 Å². The third-order valence-electron chi connectivity index (χ3n) is 4.27. The Hall–Kier alpha value is -2.61. The molecule has 0 saturated heterocycles. The molecule has 0 spiro atoms. The number of rotatable bonds is 9. The molecule has 2 aromatic carbocycles. The molecule has 1 atom stereocenters. The number of hydrogen-bond acceptors (Lipinski definition) is 4. The highest BCUT2D eigenvalue weighted by atomic mass is 32.2. The SMILES string of the molecule is COc1ccc([C@H](C)NC(=O)CCCN(c2ccc(F)cc2)S(C)(=O)=O)cc1. The van der Waals surface area contributed by atoms with Gasteiger partial charge in [-0.15, -0.1) is 0 Å². The molecule has 0 aliphatic rings. The molecule has 0 aromatic heterocycles. The summed E-state index contributed by atoms with van der Waals surface area (Å²) in [4.78, 5) is 12.2.